The summed E-state index contributed by atoms with van der Waals surface area (Å²) in [6.07, 6.45) is 1.25. The summed E-state index contributed by atoms with van der Waals surface area (Å²) in [5, 5.41) is 0.430. The topological polar surface area (TPSA) is 88.4 Å². The molecule has 1 atom stereocenters. The van der Waals surface area contributed by atoms with E-state index in [4.69, 9.17) is 20.9 Å². The molecule has 2 rings (SSSR count). The van der Waals surface area contributed by atoms with Crippen LogP contribution in [0.15, 0.2) is 21.6 Å². The zero-order valence-electron chi connectivity index (χ0n) is 12.9. The highest BCUT2D eigenvalue weighted by molar-refractivity contribution is 9.10. The van der Waals surface area contributed by atoms with Crippen LogP contribution in [-0.4, -0.2) is 54.8 Å². The van der Waals surface area contributed by atoms with E-state index in [9.17, 15) is 14.4 Å². The molecular weight excluding hydrogens is 410 g/mol. The smallest absolute Gasteiger partial charge is 0.335 e. The molecule has 1 aliphatic heterocycles. The monoisotopic (exact) mass is 427 g/mol. The first-order chi connectivity index (χ1) is 10.4. The molecule has 10 heteroatoms. The molecule has 1 heterocycles. The summed E-state index contributed by atoms with van der Waals surface area (Å²) < 4.78 is 23.2. The molecule has 7 nitrogen and oxygen atoms in total. The molecule has 0 aromatic heterocycles. The molecule has 1 aromatic carbocycles. The van der Waals surface area contributed by atoms with Crippen molar-refractivity contribution in [2.45, 2.75) is 5.79 Å². The highest BCUT2D eigenvalue weighted by atomic mass is 79.9. The van der Waals surface area contributed by atoms with Gasteiger partial charge in [0.1, 0.15) is 6.54 Å². The maximum absolute atomic E-state index is 11.4. The molecule has 0 fully saturated rings. The Balaban J connectivity index is 2.37. The van der Waals surface area contributed by atoms with Gasteiger partial charge in [-0.1, -0.05) is 11.6 Å². The van der Waals surface area contributed by atoms with Gasteiger partial charge in [-0.05, 0) is 28.1 Å². The van der Waals surface area contributed by atoms with Crippen LogP contribution < -0.4 is 0 Å². The quantitative estimate of drug-likeness (QED) is 0.413. The van der Waals surface area contributed by atoms with Gasteiger partial charge >= 0.3 is 7.82 Å². The van der Waals surface area contributed by atoms with Crippen molar-refractivity contribution in [3.8, 4) is 0 Å². The minimum absolute atomic E-state index is 0.217. The first-order valence-corrected chi connectivity index (χ1v) is 9.37. The van der Waals surface area contributed by atoms with E-state index in [-0.39, 0.29) is 6.61 Å². The van der Waals surface area contributed by atoms with E-state index < -0.39 is 13.6 Å². The number of hydrogen-bond acceptors (Lipinski definition) is 4. The molecule has 2 N–H and O–H groups in total. The van der Waals surface area contributed by atoms with Gasteiger partial charge in [0, 0.05) is 10.0 Å². The third-order valence-corrected chi connectivity index (χ3v) is 4.83. The SMILES string of the molecule is C[N+](C)(C)CCOC1(OP(=O)(O)O)C=Nc2cc(Cl)c(Br)cc21. The maximum atomic E-state index is 11.4. The summed E-state index contributed by atoms with van der Waals surface area (Å²) in [5.41, 5.74) is 0.829. The number of likely N-dealkylation sites (N-methyl/N-ethyl adjacent to an activating group) is 1. The lowest BCUT2D eigenvalue weighted by atomic mass is 10.1. The Bertz CT molecular complexity index is 688. The highest BCUT2D eigenvalue weighted by Gasteiger charge is 2.45. The van der Waals surface area contributed by atoms with Crippen LogP contribution in [0.2, 0.25) is 5.02 Å². The molecule has 0 aliphatic carbocycles. The standard InChI is InChI=1S/C13H17BrClN2O5P/c1-17(2,3)4-5-21-13(22-23(18,19)20)8-16-12-7-11(15)10(14)6-9(12)13/h6-8H,4-5H2,1-3H3,(H-,18,19,20)/p+1. The van der Waals surface area contributed by atoms with E-state index in [0.29, 0.717) is 31.8 Å². The van der Waals surface area contributed by atoms with E-state index in [0.717, 1.165) is 0 Å². The normalized spacial score (nSPS) is 20.8. The van der Waals surface area contributed by atoms with Crippen molar-refractivity contribution in [3.63, 3.8) is 0 Å². The highest BCUT2D eigenvalue weighted by Crippen LogP contribution is 2.51. The summed E-state index contributed by atoms with van der Waals surface area (Å²) in [7, 11) is 1.12. The Labute approximate surface area is 147 Å². The van der Waals surface area contributed by atoms with E-state index >= 15 is 0 Å². The third kappa shape index (κ3) is 4.84. The lowest BCUT2D eigenvalue weighted by molar-refractivity contribution is -0.871. The molecule has 0 amide bonds. The van der Waals surface area contributed by atoms with Crippen molar-refractivity contribution >= 4 is 47.3 Å². The van der Waals surface area contributed by atoms with Gasteiger partial charge in [0.25, 0.3) is 0 Å². The van der Waals surface area contributed by atoms with Crippen LogP contribution >= 0.6 is 35.4 Å². The Morgan fingerprint density at radius 1 is 1.39 bits per heavy atom. The molecule has 0 bridgehead atoms. The van der Waals surface area contributed by atoms with Gasteiger partial charge in [-0.15, -0.1) is 0 Å². The fourth-order valence-corrected chi connectivity index (χ4v) is 3.06. The van der Waals surface area contributed by atoms with Crippen molar-refractivity contribution in [2.75, 3.05) is 34.3 Å². The van der Waals surface area contributed by atoms with Crippen LogP contribution in [0.4, 0.5) is 5.69 Å². The average Bonchev–Trinajstić information content (AvgIpc) is 2.65. The van der Waals surface area contributed by atoms with Crippen LogP contribution in [0.1, 0.15) is 5.56 Å². The molecule has 23 heavy (non-hydrogen) atoms. The zero-order chi connectivity index (χ0) is 17.5. The predicted molar refractivity (Wildman–Crippen MR) is 91.0 cm³/mol. The number of phosphoric acid groups is 1. The molecule has 1 unspecified atom stereocenters. The minimum atomic E-state index is -4.81. The Hall–Kier alpha value is -0.310. The zero-order valence-corrected chi connectivity index (χ0v) is 16.1. The van der Waals surface area contributed by atoms with Crippen molar-refractivity contribution in [1.29, 1.82) is 0 Å². The van der Waals surface area contributed by atoms with Crippen LogP contribution in [0.5, 0.6) is 0 Å². The number of rotatable bonds is 6. The third-order valence-electron chi connectivity index (χ3n) is 3.12. The van der Waals surface area contributed by atoms with Crippen LogP contribution in [-0.2, 0) is 19.6 Å². The number of hydrogen-bond donors (Lipinski definition) is 2. The second-order valence-corrected chi connectivity index (χ2v) is 8.58. The molecule has 0 radical (unpaired) electrons. The largest absolute Gasteiger partial charge is 0.472 e. The maximum Gasteiger partial charge on any atom is 0.472 e. The number of phosphoric ester groups is 1. The fraction of sp³-hybridized carbons (Fsp3) is 0.462. The molecule has 0 saturated heterocycles. The summed E-state index contributed by atoms with van der Waals surface area (Å²) in [6, 6.07) is 3.16. The predicted octanol–water partition coefficient (Wildman–Crippen LogP) is 2.80. The average molecular weight is 429 g/mol. The lowest BCUT2D eigenvalue weighted by Gasteiger charge is -2.30. The molecule has 1 aromatic rings. The van der Waals surface area contributed by atoms with Gasteiger partial charge in [-0.2, -0.15) is 0 Å². The Morgan fingerprint density at radius 3 is 2.61 bits per heavy atom. The van der Waals surface area contributed by atoms with Gasteiger partial charge in [0.05, 0.1) is 44.7 Å². The molecule has 128 valence electrons. The van der Waals surface area contributed by atoms with Gasteiger partial charge in [0.2, 0.25) is 5.79 Å². The van der Waals surface area contributed by atoms with Crippen molar-refractivity contribution in [2.24, 2.45) is 4.99 Å². The second kappa shape index (κ2) is 6.54. The number of benzene rings is 1. The first-order valence-electron chi connectivity index (χ1n) is 6.67. The molecule has 0 spiro atoms. The molecular formula is C13H18BrClN2O5P+. The van der Waals surface area contributed by atoms with Crippen molar-refractivity contribution < 1.29 is 28.1 Å². The van der Waals surface area contributed by atoms with Crippen LogP contribution in [0.3, 0.4) is 0 Å². The fourth-order valence-electron chi connectivity index (χ4n) is 2.01. The summed E-state index contributed by atoms with van der Waals surface area (Å²) in [6.45, 7) is 0.833. The van der Waals surface area contributed by atoms with Gasteiger partial charge in [-0.3, -0.25) is 4.99 Å². The molecule has 0 saturated carbocycles. The number of halogens is 2. The minimum Gasteiger partial charge on any atom is -0.335 e. The van der Waals surface area contributed by atoms with Gasteiger partial charge < -0.3 is 19.0 Å². The first kappa shape index (κ1) is 19.0. The number of ether oxygens (including phenoxy) is 1. The van der Waals surface area contributed by atoms with E-state index in [1.807, 2.05) is 21.1 Å². The van der Waals surface area contributed by atoms with E-state index in [1.165, 1.54) is 6.21 Å². The summed E-state index contributed by atoms with van der Waals surface area (Å²) in [4.78, 5) is 22.6. The van der Waals surface area contributed by atoms with Crippen LogP contribution in [0.25, 0.3) is 0 Å². The summed E-state index contributed by atoms with van der Waals surface area (Å²) in [5.74, 6) is -1.74. The number of nitrogens with zero attached hydrogens (tertiary/aromatic N) is 2. The van der Waals surface area contributed by atoms with Crippen LogP contribution in [0, 0.1) is 0 Å². The number of quaternary nitrogens is 1. The van der Waals surface area contributed by atoms with E-state index in [1.54, 1.807) is 12.1 Å². The van der Waals surface area contributed by atoms with Crippen molar-refractivity contribution in [1.82, 2.24) is 0 Å². The lowest BCUT2D eigenvalue weighted by Crippen LogP contribution is -2.41. The number of aliphatic imine (C=N–C) groups is 1. The molecule has 1 aliphatic rings. The van der Waals surface area contributed by atoms with Gasteiger partial charge in [-0.25, -0.2) is 9.09 Å². The Morgan fingerprint density at radius 2 is 2.04 bits per heavy atom. The Kier molecular flexibility index (Phi) is 5.41. The number of fused-ring (bicyclic) bond motifs is 1. The second-order valence-electron chi connectivity index (χ2n) is 6.15. The summed E-state index contributed by atoms with van der Waals surface area (Å²) >= 11 is 9.31. The van der Waals surface area contributed by atoms with Gasteiger partial charge in [0.15, 0.2) is 0 Å². The van der Waals surface area contributed by atoms with Crippen molar-refractivity contribution in [3.05, 3.63) is 27.2 Å². The van der Waals surface area contributed by atoms with E-state index in [2.05, 4.69) is 20.9 Å².